The Morgan fingerprint density at radius 3 is 2.35 bits per heavy atom. The predicted octanol–water partition coefficient (Wildman–Crippen LogP) is 3.24. The molecule has 128 valence electrons. The van der Waals surface area contributed by atoms with Gasteiger partial charge in [0, 0.05) is 11.5 Å². The van der Waals surface area contributed by atoms with Crippen LogP contribution in [0.5, 0.6) is 5.75 Å². The summed E-state index contributed by atoms with van der Waals surface area (Å²) in [6, 6.07) is 9.45. The molecule has 1 amide bonds. The van der Waals surface area contributed by atoms with E-state index in [1.165, 1.54) is 0 Å². The van der Waals surface area contributed by atoms with Crippen LogP contribution in [-0.2, 0) is 9.59 Å². The van der Waals surface area contributed by atoms with E-state index in [1.54, 1.807) is 0 Å². The highest BCUT2D eigenvalue weighted by atomic mass is 16.5. The smallest absolute Gasteiger partial charge is 0.305 e. The zero-order valence-corrected chi connectivity index (χ0v) is 14.2. The Hall–Kier alpha value is -2.04. The fourth-order valence-electron chi connectivity index (χ4n) is 2.40. The molecule has 0 aliphatic carbocycles. The number of para-hydroxylation sites is 1. The number of rotatable bonds is 10. The Morgan fingerprint density at radius 1 is 1.22 bits per heavy atom. The molecule has 1 rings (SSSR count). The van der Waals surface area contributed by atoms with Crippen molar-refractivity contribution >= 4 is 11.9 Å². The van der Waals surface area contributed by atoms with Gasteiger partial charge in [-0.05, 0) is 31.4 Å². The zero-order chi connectivity index (χ0) is 17.3. The first-order valence-corrected chi connectivity index (χ1v) is 8.14. The minimum absolute atomic E-state index is 0.0566. The van der Waals surface area contributed by atoms with Gasteiger partial charge in [-0.3, -0.25) is 9.59 Å². The summed E-state index contributed by atoms with van der Waals surface area (Å²) >= 11 is 0. The van der Waals surface area contributed by atoms with Crippen LogP contribution in [-0.4, -0.2) is 29.1 Å². The lowest BCUT2D eigenvalue weighted by molar-refractivity contribution is -0.139. The first kappa shape index (κ1) is 19.0. The number of carbonyl (C=O) groups is 2. The van der Waals surface area contributed by atoms with Crippen LogP contribution in [0.2, 0.25) is 0 Å². The minimum Gasteiger partial charge on any atom is -0.494 e. The van der Waals surface area contributed by atoms with Crippen molar-refractivity contribution in [2.45, 2.75) is 52.0 Å². The molecule has 0 heterocycles. The monoisotopic (exact) mass is 321 g/mol. The second-order valence-corrected chi connectivity index (χ2v) is 5.90. The van der Waals surface area contributed by atoms with E-state index >= 15 is 0 Å². The molecule has 0 aromatic heterocycles. The second-order valence-electron chi connectivity index (χ2n) is 5.90. The summed E-state index contributed by atoms with van der Waals surface area (Å²) in [6.45, 7) is 6.08. The summed E-state index contributed by atoms with van der Waals surface area (Å²) < 4.78 is 5.60. The molecule has 1 aromatic carbocycles. The van der Waals surface area contributed by atoms with Crippen molar-refractivity contribution in [3.63, 3.8) is 0 Å². The third-order valence-electron chi connectivity index (χ3n) is 4.24. The lowest BCUT2D eigenvalue weighted by atomic mass is 9.88. The summed E-state index contributed by atoms with van der Waals surface area (Å²) in [5.74, 6) is -0.465. The Kier molecular flexibility index (Phi) is 7.59. The van der Waals surface area contributed by atoms with Gasteiger partial charge >= 0.3 is 5.97 Å². The SMILES string of the molecule is CCC(CC)(CC(=O)O)NC(=O)C(C)CCOc1ccccc1. The van der Waals surface area contributed by atoms with Crippen LogP contribution in [0.4, 0.5) is 0 Å². The van der Waals surface area contributed by atoms with E-state index in [0.717, 1.165) is 5.75 Å². The number of ether oxygens (including phenoxy) is 1. The number of carboxylic acids is 1. The standard InChI is InChI=1S/C18H27NO4/c1-4-18(5-2,13-16(20)21)19-17(22)14(3)11-12-23-15-9-7-6-8-10-15/h6-10,14H,4-5,11-13H2,1-3H3,(H,19,22)(H,20,21). The lowest BCUT2D eigenvalue weighted by Gasteiger charge is -2.32. The third kappa shape index (κ3) is 6.30. The number of hydrogen-bond acceptors (Lipinski definition) is 3. The predicted molar refractivity (Wildman–Crippen MR) is 89.4 cm³/mol. The Labute approximate surface area is 138 Å². The zero-order valence-electron chi connectivity index (χ0n) is 14.2. The molecule has 1 atom stereocenters. The lowest BCUT2D eigenvalue weighted by Crippen LogP contribution is -2.50. The van der Waals surface area contributed by atoms with Crippen LogP contribution < -0.4 is 10.1 Å². The largest absolute Gasteiger partial charge is 0.494 e. The number of benzene rings is 1. The van der Waals surface area contributed by atoms with E-state index in [2.05, 4.69) is 5.32 Å². The van der Waals surface area contributed by atoms with Gasteiger partial charge in [-0.1, -0.05) is 39.0 Å². The molecule has 0 bridgehead atoms. The molecule has 0 radical (unpaired) electrons. The maximum absolute atomic E-state index is 12.3. The van der Waals surface area contributed by atoms with Gasteiger partial charge in [0.25, 0.3) is 0 Å². The van der Waals surface area contributed by atoms with Crippen LogP contribution in [0, 0.1) is 5.92 Å². The van der Waals surface area contributed by atoms with Crippen LogP contribution >= 0.6 is 0 Å². The number of aliphatic carboxylic acids is 1. The molecule has 1 unspecified atom stereocenters. The highest BCUT2D eigenvalue weighted by Gasteiger charge is 2.32. The van der Waals surface area contributed by atoms with E-state index in [4.69, 9.17) is 9.84 Å². The first-order chi connectivity index (χ1) is 10.9. The average molecular weight is 321 g/mol. The summed E-state index contributed by atoms with van der Waals surface area (Å²) in [4.78, 5) is 23.4. The topological polar surface area (TPSA) is 75.6 Å². The highest BCUT2D eigenvalue weighted by molar-refractivity contribution is 5.80. The molecule has 2 N–H and O–H groups in total. The maximum Gasteiger partial charge on any atom is 0.305 e. The first-order valence-electron chi connectivity index (χ1n) is 8.14. The number of carboxylic acid groups (broad SMARTS) is 1. The number of amides is 1. The number of carbonyl (C=O) groups excluding carboxylic acids is 1. The van der Waals surface area contributed by atoms with E-state index < -0.39 is 11.5 Å². The molecule has 5 nitrogen and oxygen atoms in total. The quantitative estimate of drug-likeness (QED) is 0.693. The Bertz CT molecular complexity index is 497. The maximum atomic E-state index is 12.3. The van der Waals surface area contributed by atoms with Crippen molar-refractivity contribution < 1.29 is 19.4 Å². The van der Waals surface area contributed by atoms with Crippen LogP contribution in [0.15, 0.2) is 30.3 Å². The summed E-state index contributed by atoms with van der Waals surface area (Å²) in [6.07, 6.45) is 1.71. The van der Waals surface area contributed by atoms with Crippen LogP contribution in [0.1, 0.15) is 46.5 Å². The summed E-state index contributed by atoms with van der Waals surface area (Å²) in [7, 11) is 0. The molecule has 0 saturated carbocycles. The van der Waals surface area contributed by atoms with E-state index in [9.17, 15) is 9.59 Å². The van der Waals surface area contributed by atoms with E-state index in [1.807, 2.05) is 51.1 Å². The highest BCUT2D eigenvalue weighted by Crippen LogP contribution is 2.21. The van der Waals surface area contributed by atoms with Crippen LogP contribution in [0.25, 0.3) is 0 Å². The van der Waals surface area contributed by atoms with Crippen molar-refractivity contribution in [1.29, 1.82) is 0 Å². The van der Waals surface area contributed by atoms with Gasteiger partial charge in [-0.25, -0.2) is 0 Å². The molecule has 0 fully saturated rings. The molecular formula is C18H27NO4. The van der Waals surface area contributed by atoms with Gasteiger partial charge in [-0.15, -0.1) is 0 Å². The van der Waals surface area contributed by atoms with Crippen molar-refractivity contribution in [1.82, 2.24) is 5.32 Å². The molecule has 1 aromatic rings. The fourth-order valence-corrected chi connectivity index (χ4v) is 2.40. The molecular weight excluding hydrogens is 294 g/mol. The van der Waals surface area contributed by atoms with Gasteiger partial charge in [0.1, 0.15) is 5.75 Å². The van der Waals surface area contributed by atoms with Crippen molar-refractivity contribution in [3.05, 3.63) is 30.3 Å². The van der Waals surface area contributed by atoms with E-state index in [0.29, 0.717) is 25.9 Å². The fraction of sp³-hybridized carbons (Fsp3) is 0.556. The van der Waals surface area contributed by atoms with Gasteiger partial charge in [0.05, 0.1) is 13.0 Å². The molecule has 23 heavy (non-hydrogen) atoms. The van der Waals surface area contributed by atoms with Gasteiger partial charge < -0.3 is 15.2 Å². The van der Waals surface area contributed by atoms with Crippen molar-refractivity contribution in [3.8, 4) is 5.75 Å². The minimum atomic E-state index is -0.894. The van der Waals surface area contributed by atoms with Gasteiger partial charge in [-0.2, -0.15) is 0 Å². The number of nitrogens with one attached hydrogen (secondary N) is 1. The van der Waals surface area contributed by atoms with Crippen molar-refractivity contribution in [2.75, 3.05) is 6.61 Å². The Morgan fingerprint density at radius 2 is 1.83 bits per heavy atom. The second kappa shape index (κ2) is 9.18. The van der Waals surface area contributed by atoms with Gasteiger partial charge in [0.2, 0.25) is 5.91 Å². The molecule has 0 aliphatic rings. The molecule has 0 spiro atoms. The normalized spacial score (nSPS) is 12.5. The molecule has 0 saturated heterocycles. The summed E-state index contributed by atoms with van der Waals surface area (Å²) in [5.41, 5.74) is -0.669. The average Bonchev–Trinajstić information content (AvgIpc) is 2.54. The van der Waals surface area contributed by atoms with Gasteiger partial charge in [0.15, 0.2) is 0 Å². The summed E-state index contributed by atoms with van der Waals surface area (Å²) in [5, 5.41) is 12.0. The Balaban J connectivity index is 2.49. The number of hydrogen-bond donors (Lipinski definition) is 2. The van der Waals surface area contributed by atoms with Crippen molar-refractivity contribution in [2.24, 2.45) is 5.92 Å². The molecule has 0 aliphatic heterocycles. The third-order valence-corrected chi connectivity index (χ3v) is 4.24. The van der Waals surface area contributed by atoms with Crippen LogP contribution in [0.3, 0.4) is 0 Å². The molecule has 5 heteroatoms. The van der Waals surface area contributed by atoms with E-state index in [-0.39, 0.29) is 18.2 Å².